The highest BCUT2D eigenvalue weighted by Gasteiger charge is 2.41. The first-order chi connectivity index (χ1) is 16.2. The molecular weight excluding hydrogens is 412 g/mol. The zero-order valence-electron chi connectivity index (χ0n) is 20.3. The van der Waals surface area contributed by atoms with Gasteiger partial charge in [0.2, 0.25) is 0 Å². The molecule has 4 nitrogen and oxygen atoms in total. The Labute approximate surface area is 200 Å². The van der Waals surface area contributed by atoms with Crippen molar-refractivity contribution in [1.29, 1.82) is 0 Å². The first-order valence-corrected chi connectivity index (χ1v) is 13.3. The quantitative estimate of drug-likeness (QED) is 0.408. The smallest absolute Gasteiger partial charge is 0.158 e. The molecule has 3 aliphatic rings. The number of allylic oxidation sites excluding steroid dienone is 2. The largest absolute Gasteiger partial charge is 0.491 e. The molecule has 0 bridgehead atoms. The summed E-state index contributed by atoms with van der Waals surface area (Å²) in [5, 5.41) is 0. The topological polar surface area (TPSA) is 44.8 Å². The van der Waals surface area contributed by atoms with Crippen LogP contribution in [0.2, 0.25) is 0 Å². The molecule has 1 saturated carbocycles. The van der Waals surface area contributed by atoms with E-state index in [-0.39, 0.29) is 12.4 Å². The van der Waals surface area contributed by atoms with Gasteiger partial charge >= 0.3 is 0 Å². The van der Waals surface area contributed by atoms with Gasteiger partial charge in [0.1, 0.15) is 18.1 Å². The molecule has 182 valence electrons. The second-order valence-electron chi connectivity index (χ2n) is 10.4. The van der Waals surface area contributed by atoms with E-state index in [1.807, 2.05) is 30.3 Å². The van der Waals surface area contributed by atoms with Crippen molar-refractivity contribution >= 4 is 5.78 Å². The van der Waals surface area contributed by atoms with Crippen LogP contribution in [0.1, 0.15) is 77.6 Å². The Morgan fingerprint density at radius 3 is 2.82 bits per heavy atom. The molecule has 1 aliphatic heterocycles. The van der Waals surface area contributed by atoms with Gasteiger partial charge in [-0.25, -0.2) is 0 Å². The molecule has 0 amide bonds. The third-order valence-corrected chi connectivity index (χ3v) is 7.94. The van der Waals surface area contributed by atoms with E-state index >= 15 is 0 Å². The summed E-state index contributed by atoms with van der Waals surface area (Å²) in [5.74, 6) is 3.81. The van der Waals surface area contributed by atoms with Crippen molar-refractivity contribution < 1.29 is 19.0 Å². The van der Waals surface area contributed by atoms with E-state index in [4.69, 9.17) is 14.2 Å². The summed E-state index contributed by atoms with van der Waals surface area (Å²) in [6.07, 6.45) is 15.9. The minimum absolute atomic E-state index is 0.0243. The summed E-state index contributed by atoms with van der Waals surface area (Å²) >= 11 is 0. The number of ether oxygens (including phenoxy) is 3. The summed E-state index contributed by atoms with van der Waals surface area (Å²) in [6.45, 7) is 3.74. The number of hydrogen-bond donors (Lipinski definition) is 0. The van der Waals surface area contributed by atoms with Crippen molar-refractivity contribution in [2.75, 3.05) is 13.2 Å². The van der Waals surface area contributed by atoms with Crippen molar-refractivity contribution in [3.05, 3.63) is 42.5 Å². The van der Waals surface area contributed by atoms with Gasteiger partial charge in [-0.1, -0.05) is 37.3 Å². The Hall–Kier alpha value is -1.65. The molecule has 4 rings (SSSR count). The van der Waals surface area contributed by atoms with Crippen LogP contribution in [-0.2, 0) is 14.3 Å². The first kappa shape index (κ1) is 24.5. The second-order valence-corrected chi connectivity index (χ2v) is 10.4. The summed E-state index contributed by atoms with van der Waals surface area (Å²) in [6, 6.07) is 10.0. The Morgan fingerprint density at radius 2 is 2.00 bits per heavy atom. The third-order valence-electron chi connectivity index (χ3n) is 7.94. The maximum Gasteiger partial charge on any atom is 0.158 e. The average Bonchev–Trinajstić information content (AvgIpc) is 3.13. The van der Waals surface area contributed by atoms with Crippen LogP contribution in [0, 0.1) is 23.7 Å². The maximum absolute atomic E-state index is 12.5. The van der Waals surface area contributed by atoms with E-state index < -0.39 is 0 Å². The molecular formula is C29H42O4. The second kappa shape index (κ2) is 12.7. The molecule has 1 saturated heterocycles. The molecule has 1 aromatic rings. The van der Waals surface area contributed by atoms with Crippen LogP contribution in [0.3, 0.4) is 0 Å². The number of Topliss-reactive ketones (excluding diaryl/α,β-unsaturated/α-hetero) is 1. The Morgan fingerprint density at radius 1 is 1.12 bits per heavy atom. The fourth-order valence-electron chi connectivity index (χ4n) is 6.19. The Balaban J connectivity index is 1.38. The van der Waals surface area contributed by atoms with Gasteiger partial charge in [0.25, 0.3) is 0 Å². The van der Waals surface area contributed by atoms with Crippen LogP contribution in [0.4, 0.5) is 0 Å². The number of benzene rings is 1. The van der Waals surface area contributed by atoms with Gasteiger partial charge in [-0.3, -0.25) is 4.79 Å². The van der Waals surface area contributed by atoms with Crippen molar-refractivity contribution in [3.63, 3.8) is 0 Å². The molecule has 6 atom stereocenters. The van der Waals surface area contributed by atoms with E-state index in [0.29, 0.717) is 36.1 Å². The van der Waals surface area contributed by atoms with E-state index in [1.54, 1.807) is 0 Å². The van der Waals surface area contributed by atoms with E-state index in [9.17, 15) is 4.79 Å². The van der Waals surface area contributed by atoms with Crippen molar-refractivity contribution in [2.24, 2.45) is 23.7 Å². The Kier molecular flexibility index (Phi) is 9.43. The molecule has 33 heavy (non-hydrogen) atoms. The summed E-state index contributed by atoms with van der Waals surface area (Å²) in [7, 11) is 0. The van der Waals surface area contributed by atoms with Crippen LogP contribution in [-0.4, -0.2) is 31.4 Å². The molecule has 0 aromatic heterocycles. The van der Waals surface area contributed by atoms with Gasteiger partial charge in [0.05, 0.1) is 6.10 Å². The van der Waals surface area contributed by atoms with Gasteiger partial charge in [0, 0.05) is 19.4 Å². The standard InChI is InChI=1S/C29H42O4/c1-22-19-23-20-24(30)11-5-2-3-8-14-28(23)27(22)17-16-26(33-29-15-9-10-18-31-29)21-32-25-12-6-4-7-13-25/h3-4,6-8,12-13,22-23,26-29H,2,5,9-11,14-21H2,1H3/b8-3-/t22-,23-,26-,27+,28+,29?/m1/s1. The van der Waals surface area contributed by atoms with Crippen molar-refractivity contribution in [3.8, 4) is 5.75 Å². The van der Waals surface area contributed by atoms with Crippen LogP contribution >= 0.6 is 0 Å². The lowest BCUT2D eigenvalue weighted by Gasteiger charge is -2.30. The highest BCUT2D eigenvalue weighted by atomic mass is 16.7. The molecule has 1 aromatic carbocycles. The normalized spacial score (nSPS) is 32.6. The molecule has 0 N–H and O–H groups in total. The number of rotatable bonds is 8. The minimum Gasteiger partial charge on any atom is -0.491 e. The molecule has 0 spiro atoms. The number of para-hydroxylation sites is 1. The van der Waals surface area contributed by atoms with Crippen LogP contribution in [0.5, 0.6) is 5.75 Å². The number of hydrogen-bond acceptors (Lipinski definition) is 4. The molecule has 4 heteroatoms. The number of fused-ring (bicyclic) bond motifs is 1. The predicted molar refractivity (Wildman–Crippen MR) is 131 cm³/mol. The maximum atomic E-state index is 12.5. The summed E-state index contributed by atoms with van der Waals surface area (Å²) in [5.41, 5.74) is 0. The van der Waals surface area contributed by atoms with Gasteiger partial charge in [0.15, 0.2) is 6.29 Å². The molecule has 2 fully saturated rings. The number of carbonyl (C=O) groups is 1. The Bertz CT molecular complexity index is 739. The van der Waals surface area contributed by atoms with Crippen molar-refractivity contribution in [2.45, 2.75) is 89.9 Å². The van der Waals surface area contributed by atoms with Crippen molar-refractivity contribution in [1.82, 2.24) is 0 Å². The zero-order chi connectivity index (χ0) is 22.9. The minimum atomic E-state index is -0.105. The van der Waals surface area contributed by atoms with Crippen LogP contribution in [0.25, 0.3) is 0 Å². The first-order valence-electron chi connectivity index (χ1n) is 13.3. The lowest BCUT2D eigenvalue weighted by Crippen LogP contribution is -2.32. The molecule has 2 aliphatic carbocycles. The van der Waals surface area contributed by atoms with Gasteiger partial charge in [-0.15, -0.1) is 0 Å². The highest BCUT2D eigenvalue weighted by Crippen LogP contribution is 2.48. The van der Waals surface area contributed by atoms with Gasteiger partial charge in [-0.05, 0) is 93.6 Å². The fraction of sp³-hybridized carbons (Fsp3) is 0.690. The van der Waals surface area contributed by atoms with Gasteiger partial charge < -0.3 is 14.2 Å². The molecule has 0 radical (unpaired) electrons. The fourth-order valence-corrected chi connectivity index (χ4v) is 6.19. The van der Waals surface area contributed by atoms with E-state index in [2.05, 4.69) is 19.1 Å². The van der Waals surface area contributed by atoms with E-state index in [0.717, 1.165) is 70.1 Å². The predicted octanol–water partition coefficient (Wildman–Crippen LogP) is 6.74. The monoisotopic (exact) mass is 454 g/mol. The van der Waals surface area contributed by atoms with Crippen LogP contribution in [0.15, 0.2) is 42.5 Å². The lowest BCUT2D eigenvalue weighted by atomic mass is 9.79. The molecule has 1 unspecified atom stereocenters. The number of carbonyl (C=O) groups excluding carboxylic acids is 1. The molecule has 1 heterocycles. The summed E-state index contributed by atoms with van der Waals surface area (Å²) < 4.78 is 18.4. The lowest BCUT2D eigenvalue weighted by molar-refractivity contribution is -0.195. The van der Waals surface area contributed by atoms with Crippen LogP contribution < -0.4 is 4.74 Å². The van der Waals surface area contributed by atoms with Gasteiger partial charge in [-0.2, -0.15) is 0 Å². The highest BCUT2D eigenvalue weighted by molar-refractivity contribution is 5.78. The average molecular weight is 455 g/mol. The third kappa shape index (κ3) is 7.42. The number of ketones is 1. The SMILES string of the molecule is C[C@@H]1C[C@@H]2CC(=O)CCC/C=C\C[C@@H]2[C@H]1CC[C@H](COc1ccccc1)OC1CCCCO1. The zero-order valence-corrected chi connectivity index (χ0v) is 20.3. The van der Waals surface area contributed by atoms with E-state index in [1.165, 1.54) is 12.8 Å². The summed E-state index contributed by atoms with van der Waals surface area (Å²) in [4.78, 5) is 12.5.